The van der Waals surface area contributed by atoms with Crippen molar-refractivity contribution in [3.63, 3.8) is 0 Å². The van der Waals surface area contributed by atoms with Crippen molar-refractivity contribution in [1.29, 1.82) is 0 Å². The van der Waals surface area contributed by atoms with E-state index >= 15 is 0 Å². The Morgan fingerprint density at radius 2 is 2.00 bits per heavy atom. The zero-order valence-corrected chi connectivity index (χ0v) is 20.3. The number of nitrogens with zero attached hydrogens (tertiary/aromatic N) is 4. The molecule has 3 heterocycles. The van der Waals surface area contributed by atoms with E-state index in [1.807, 2.05) is 9.80 Å². The van der Waals surface area contributed by atoms with Gasteiger partial charge in [0.05, 0.1) is 17.1 Å². The molecule has 1 aromatic heterocycles. The normalized spacial score (nSPS) is 19.8. The third-order valence-electron chi connectivity index (χ3n) is 5.32. The molecule has 3 rings (SSSR count). The predicted molar refractivity (Wildman–Crippen MR) is 125 cm³/mol. The van der Waals surface area contributed by atoms with Crippen LogP contribution in [0.15, 0.2) is 17.3 Å². The standard InChI is InChI=1S/C19H26ClF3N6O.HI/c1-24-18(26-11-16(30)28-6-3-2-4-7-28)27-14-5-8-29(12-14)17-15(20)9-13(10-25-17)19(21,22)23;/h9-10,14H,2-8,11-12H2,1H3,(H2,24,26,27);1H. The van der Waals surface area contributed by atoms with Gasteiger partial charge >= 0.3 is 6.18 Å². The lowest BCUT2D eigenvalue weighted by molar-refractivity contribution is -0.137. The van der Waals surface area contributed by atoms with Crippen molar-refractivity contribution in [1.82, 2.24) is 20.5 Å². The van der Waals surface area contributed by atoms with E-state index in [-0.39, 0.29) is 47.5 Å². The number of likely N-dealkylation sites (tertiary alicyclic amines) is 1. The summed E-state index contributed by atoms with van der Waals surface area (Å²) in [6.45, 7) is 2.87. The van der Waals surface area contributed by atoms with E-state index in [0.717, 1.165) is 51.0 Å². The Morgan fingerprint density at radius 3 is 2.61 bits per heavy atom. The van der Waals surface area contributed by atoms with Gasteiger partial charge in [0.2, 0.25) is 5.91 Å². The number of alkyl halides is 3. The Balaban J connectivity index is 0.00000341. The topological polar surface area (TPSA) is 72.9 Å². The Bertz CT molecular complexity index is 788. The second-order valence-corrected chi connectivity index (χ2v) is 7.88. The van der Waals surface area contributed by atoms with Crippen LogP contribution in [-0.4, -0.2) is 67.6 Å². The second kappa shape index (κ2) is 11.4. The average Bonchev–Trinajstić information content (AvgIpc) is 3.19. The summed E-state index contributed by atoms with van der Waals surface area (Å²) >= 11 is 6.05. The summed E-state index contributed by atoms with van der Waals surface area (Å²) in [4.78, 5) is 24.1. The molecule has 7 nitrogen and oxygen atoms in total. The molecule has 2 saturated heterocycles. The molecule has 1 atom stereocenters. The Labute approximate surface area is 201 Å². The number of carbonyl (C=O) groups excluding carboxylic acids is 1. The molecule has 12 heteroatoms. The number of aromatic nitrogens is 1. The summed E-state index contributed by atoms with van der Waals surface area (Å²) in [7, 11) is 1.63. The maximum absolute atomic E-state index is 12.8. The first kappa shape index (κ1) is 25.8. The van der Waals surface area contributed by atoms with Crippen LogP contribution in [0, 0.1) is 0 Å². The van der Waals surface area contributed by atoms with Crippen molar-refractivity contribution in [2.45, 2.75) is 37.9 Å². The number of guanidine groups is 1. The maximum Gasteiger partial charge on any atom is 0.417 e. The average molecular weight is 575 g/mol. The first-order chi connectivity index (χ1) is 14.3. The molecule has 174 valence electrons. The van der Waals surface area contributed by atoms with E-state index in [0.29, 0.717) is 24.9 Å². The van der Waals surface area contributed by atoms with Gasteiger partial charge in [-0.3, -0.25) is 9.79 Å². The minimum absolute atomic E-state index is 0. The van der Waals surface area contributed by atoms with Crippen molar-refractivity contribution in [2.75, 3.05) is 44.7 Å². The highest BCUT2D eigenvalue weighted by atomic mass is 127. The lowest BCUT2D eigenvalue weighted by Gasteiger charge is -2.27. The first-order valence-corrected chi connectivity index (χ1v) is 10.4. The van der Waals surface area contributed by atoms with E-state index in [4.69, 9.17) is 11.6 Å². The van der Waals surface area contributed by atoms with E-state index in [2.05, 4.69) is 20.6 Å². The number of hydrogen-bond acceptors (Lipinski definition) is 4. The molecule has 0 aliphatic carbocycles. The number of anilines is 1. The van der Waals surface area contributed by atoms with Crippen LogP contribution in [0.3, 0.4) is 0 Å². The highest BCUT2D eigenvalue weighted by Gasteiger charge is 2.33. The lowest BCUT2D eigenvalue weighted by Crippen LogP contribution is -2.49. The monoisotopic (exact) mass is 574 g/mol. The number of aliphatic imine (C=N–C) groups is 1. The smallest absolute Gasteiger partial charge is 0.353 e. The van der Waals surface area contributed by atoms with Gasteiger partial charge in [0, 0.05) is 45.5 Å². The van der Waals surface area contributed by atoms with Gasteiger partial charge in [0.1, 0.15) is 5.82 Å². The fourth-order valence-electron chi connectivity index (χ4n) is 3.69. The van der Waals surface area contributed by atoms with E-state index in [1.54, 1.807) is 7.05 Å². The molecule has 1 amide bonds. The van der Waals surface area contributed by atoms with Crippen molar-refractivity contribution in [3.8, 4) is 0 Å². The number of amides is 1. The number of hydrogen-bond donors (Lipinski definition) is 2. The molecule has 2 N–H and O–H groups in total. The molecule has 2 aliphatic rings. The molecule has 0 saturated carbocycles. The maximum atomic E-state index is 12.8. The highest BCUT2D eigenvalue weighted by Crippen LogP contribution is 2.34. The Hall–Kier alpha value is -1.50. The van der Waals surface area contributed by atoms with E-state index in [1.165, 1.54) is 0 Å². The van der Waals surface area contributed by atoms with Gasteiger partial charge in [-0.05, 0) is 31.7 Å². The number of piperidine rings is 1. The summed E-state index contributed by atoms with van der Waals surface area (Å²) in [5, 5.41) is 6.27. The van der Waals surface area contributed by atoms with Gasteiger partial charge < -0.3 is 20.4 Å². The number of carbonyl (C=O) groups is 1. The van der Waals surface area contributed by atoms with Gasteiger partial charge in [0.25, 0.3) is 0 Å². The lowest BCUT2D eigenvalue weighted by atomic mass is 10.1. The summed E-state index contributed by atoms with van der Waals surface area (Å²) < 4.78 is 38.4. The van der Waals surface area contributed by atoms with Gasteiger partial charge in [-0.2, -0.15) is 13.2 Å². The molecule has 1 aromatic rings. The van der Waals surface area contributed by atoms with Crippen LogP contribution in [0.4, 0.5) is 19.0 Å². The summed E-state index contributed by atoms with van der Waals surface area (Å²) in [6.07, 6.45) is 0.299. The predicted octanol–water partition coefficient (Wildman–Crippen LogP) is 3.13. The van der Waals surface area contributed by atoms with Crippen LogP contribution in [0.5, 0.6) is 0 Å². The molecule has 2 aliphatic heterocycles. The second-order valence-electron chi connectivity index (χ2n) is 7.47. The van der Waals surface area contributed by atoms with E-state index < -0.39 is 11.7 Å². The number of nitrogens with one attached hydrogen (secondary N) is 2. The molecule has 0 spiro atoms. The molecule has 31 heavy (non-hydrogen) atoms. The molecule has 1 unspecified atom stereocenters. The fraction of sp³-hybridized carbons (Fsp3) is 0.632. The third-order valence-corrected chi connectivity index (χ3v) is 5.60. The number of pyridine rings is 1. The van der Waals surface area contributed by atoms with Crippen LogP contribution < -0.4 is 15.5 Å². The van der Waals surface area contributed by atoms with Crippen LogP contribution in [0.1, 0.15) is 31.2 Å². The largest absolute Gasteiger partial charge is 0.417 e. The van der Waals surface area contributed by atoms with Crippen LogP contribution in [-0.2, 0) is 11.0 Å². The van der Waals surface area contributed by atoms with Crippen molar-refractivity contribution >= 4 is 53.3 Å². The first-order valence-electron chi connectivity index (χ1n) is 10.0. The minimum Gasteiger partial charge on any atom is -0.353 e. The van der Waals surface area contributed by atoms with Gasteiger partial charge in [-0.15, -0.1) is 24.0 Å². The van der Waals surface area contributed by atoms with Gasteiger partial charge in [-0.25, -0.2) is 4.98 Å². The third kappa shape index (κ3) is 6.99. The summed E-state index contributed by atoms with van der Waals surface area (Å²) in [5.41, 5.74) is -0.868. The zero-order valence-electron chi connectivity index (χ0n) is 17.2. The Kier molecular flexibility index (Phi) is 9.46. The quantitative estimate of drug-likeness (QED) is 0.329. The molecule has 0 bridgehead atoms. The number of halogens is 5. The minimum atomic E-state index is -4.48. The zero-order chi connectivity index (χ0) is 21.7. The molecular formula is C19H27ClF3IN6O. The van der Waals surface area contributed by atoms with Crippen LogP contribution >= 0.6 is 35.6 Å². The van der Waals surface area contributed by atoms with E-state index in [9.17, 15) is 18.0 Å². The Morgan fingerprint density at radius 1 is 1.29 bits per heavy atom. The van der Waals surface area contributed by atoms with Gasteiger partial charge in [-0.1, -0.05) is 11.6 Å². The summed E-state index contributed by atoms with van der Waals surface area (Å²) in [6, 6.07) is 0.901. The van der Waals surface area contributed by atoms with Gasteiger partial charge in [0.15, 0.2) is 5.96 Å². The molecular weight excluding hydrogens is 548 g/mol. The number of rotatable bonds is 4. The molecule has 2 fully saturated rings. The highest BCUT2D eigenvalue weighted by molar-refractivity contribution is 14.0. The fourth-order valence-corrected chi connectivity index (χ4v) is 3.98. The summed E-state index contributed by atoms with van der Waals surface area (Å²) in [5.74, 6) is 0.891. The van der Waals surface area contributed by atoms with Crippen molar-refractivity contribution < 1.29 is 18.0 Å². The van der Waals surface area contributed by atoms with Crippen molar-refractivity contribution in [2.24, 2.45) is 4.99 Å². The molecule has 0 aromatic carbocycles. The van der Waals surface area contributed by atoms with Crippen LogP contribution in [0.25, 0.3) is 0 Å². The SMILES string of the molecule is CN=C(NCC(=O)N1CCCCC1)NC1CCN(c2ncc(C(F)(F)F)cc2Cl)C1.I. The van der Waals surface area contributed by atoms with Crippen LogP contribution in [0.2, 0.25) is 5.02 Å². The van der Waals surface area contributed by atoms with Crippen molar-refractivity contribution in [3.05, 3.63) is 22.8 Å². The molecule has 0 radical (unpaired) electrons.